The smallest absolute Gasteiger partial charge is 0.203 e. The Balaban J connectivity index is 2.53. The summed E-state index contributed by atoms with van der Waals surface area (Å²) in [5, 5.41) is 23.9. The van der Waals surface area contributed by atoms with Crippen LogP contribution in [0, 0.1) is 0 Å². The lowest BCUT2D eigenvalue weighted by atomic mass is 10.0. The third-order valence-corrected chi connectivity index (χ3v) is 4.20. The summed E-state index contributed by atoms with van der Waals surface area (Å²) in [6.45, 7) is -0.490. The van der Waals surface area contributed by atoms with Crippen molar-refractivity contribution in [1.82, 2.24) is 0 Å². The molecular weight excluding hydrogens is 382 g/mol. The van der Waals surface area contributed by atoms with Crippen LogP contribution < -0.4 is 23.7 Å². The standard InChI is InChI=1S/C19H23N3O7/c1-25-12-6-5-7-13(26-2)19(12)29-16(10-23)17(21-22-20)11-8-14(27-3)18(24)15(9-11)28-4/h5-9,16-17,23-24H,10H2,1-4H3. The number of aromatic hydroxyl groups is 1. The summed E-state index contributed by atoms with van der Waals surface area (Å²) >= 11 is 0. The van der Waals surface area contributed by atoms with Crippen molar-refractivity contribution in [3.05, 3.63) is 46.3 Å². The predicted octanol–water partition coefficient (Wildman–Crippen LogP) is 3.22. The molecule has 2 N–H and O–H groups in total. The first-order chi connectivity index (χ1) is 14.0. The van der Waals surface area contributed by atoms with E-state index in [2.05, 4.69) is 10.0 Å². The first-order valence-electron chi connectivity index (χ1n) is 8.52. The highest BCUT2D eigenvalue weighted by Gasteiger charge is 2.28. The molecule has 0 saturated carbocycles. The second kappa shape index (κ2) is 10.2. The number of nitrogens with zero attached hydrogens (tertiary/aromatic N) is 3. The van der Waals surface area contributed by atoms with Crippen LogP contribution in [0.3, 0.4) is 0 Å². The number of aliphatic hydroxyl groups excluding tert-OH is 1. The van der Waals surface area contributed by atoms with Crippen molar-refractivity contribution in [2.45, 2.75) is 12.1 Å². The minimum absolute atomic E-state index is 0.115. The third kappa shape index (κ3) is 4.68. The summed E-state index contributed by atoms with van der Waals surface area (Å²) in [5.74, 6) is 1.03. The van der Waals surface area contributed by atoms with Crippen LogP contribution in [0.4, 0.5) is 0 Å². The molecule has 2 aromatic rings. The maximum atomic E-state index is 10.1. The van der Waals surface area contributed by atoms with Gasteiger partial charge in [-0.1, -0.05) is 11.2 Å². The molecule has 0 aliphatic carbocycles. The van der Waals surface area contributed by atoms with Crippen LogP contribution in [0.5, 0.6) is 34.5 Å². The average Bonchev–Trinajstić information content (AvgIpc) is 2.76. The van der Waals surface area contributed by atoms with E-state index in [1.807, 2.05) is 0 Å². The van der Waals surface area contributed by atoms with Gasteiger partial charge in [0.05, 0.1) is 35.0 Å². The van der Waals surface area contributed by atoms with Gasteiger partial charge in [0, 0.05) is 4.91 Å². The molecule has 2 unspecified atom stereocenters. The van der Waals surface area contributed by atoms with Crippen molar-refractivity contribution in [3.63, 3.8) is 0 Å². The van der Waals surface area contributed by atoms with Crippen molar-refractivity contribution in [2.75, 3.05) is 35.0 Å². The Morgan fingerprint density at radius 1 is 0.966 bits per heavy atom. The molecule has 0 fully saturated rings. The molecule has 0 radical (unpaired) electrons. The molecule has 2 rings (SSSR count). The van der Waals surface area contributed by atoms with Gasteiger partial charge in [-0.25, -0.2) is 0 Å². The largest absolute Gasteiger partial charge is 0.502 e. The fraction of sp³-hybridized carbons (Fsp3) is 0.368. The number of phenols is 1. The van der Waals surface area contributed by atoms with E-state index in [4.69, 9.17) is 29.2 Å². The Kier molecular flexibility index (Phi) is 7.64. The molecule has 0 saturated heterocycles. The van der Waals surface area contributed by atoms with E-state index >= 15 is 0 Å². The SMILES string of the molecule is COc1cc(C(N=[N+]=[N-])C(CO)Oc2c(OC)cccc2OC)cc(OC)c1O. The van der Waals surface area contributed by atoms with Crippen molar-refractivity contribution in [2.24, 2.45) is 5.11 Å². The van der Waals surface area contributed by atoms with Crippen molar-refractivity contribution in [3.8, 4) is 34.5 Å². The summed E-state index contributed by atoms with van der Waals surface area (Å²) < 4.78 is 26.9. The lowest BCUT2D eigenvalue weighted by Crippen LogP contribution is -2.28. The summed E-state index contributed by atoms with van der Waals surface area (Å²) in [6, 6.07) is 7.02. The highest BCUT2D eigenvalue weighted by molar-refractivity contribution is 5.54. The molecule has 29 heavy (non-hydrogen) atoms. The number of aliphatic hydroxyl groups is 1. The molecule has 0 spiro atoms. The summed E-state index contributed by atoms with van der Waals surface area (Å²) in [5.41, 5.74) is 9.48. The van der Waals surface area contributed by atoms with Crippen molar-refractivity contribution in [1.29, 1.82) is 0 Å². The van der Waals surface area contributed by atoms with Gasteiger partial charge in [-0.3, -0.25) is 0 Å². The molecule has 10 heteroatoms. The zero-order chi connectivity index (χ0) is 21.4. The molecular formula is C19H23N3O7. The van der Waals surface area contributed by atoms with E-state index < -0.39 is 18.8 Å². The van der Waals surface area contributed by atoms with E-state index in [-0.39, 0.29) is 23.0 Å². The molecule has 2 atom stereocenters. The Hall–Kier alpha value is -3.49. The summed E-state index contributed by atoms with van der Waals surface area (Å²) in [6.07, 6.45) is -1.00. The topological polar surface area (TPSA) is 135 Å². The summed E-state index contributed by atoms with van der Waals surface area (Å²) in [4.78, 5) is 2.87. The lowest BCUT2D eigenvalue weighted by molar-refractivity contribution is 0.0886. The van der Waals surface area contributed by atoms with Gasteiger partial charge in [-0.15, -0.1) is 0 Å². The second-order valence-electron chi connectivity index (χ2n) is 5.75. The first-order valence-corrected chi connectivity index (χ1v) is 8.52. The van der Waals surface area contributed by atoms with Crippen LogP contribution in [0.15, 0.2) is 35.4 Å². The van der Waals surface area contributed by atoms with Crippen LogP contribution in [0.25, 0.3) is 10.4 Å². The maximum absolute atomic E-state index is 10.1. The van der Waals surface area contributed by atoms with E-state index in [1.54, 1.807) is 18.2 Å². The zero-order valence-corrected chi connectivity index (χ0v) is 16.5. The minimum atomic E-state index is -1.00. The van der Waals surface area contributed by atoms with Gasteiger partial charge in [0.2, 0.25) is 11.5 Å². The van der Waals surface area contributed by atoms with Gasteiger partial charge in [0.1, 0.15) is 12.1 Å². The number of para-hydroxylation sites is 1. The van der Waals surface area contributed by atoms with E-state index in [9.17, 15) is 10.2 Å². The number of benzene rings is 2. The number of rotatable bonds is 10. The van der Waals surface area contributed by atoms with Gasteiger partial charge < -0.3 is 33.9 Å². The minimum Gasteiger partial charge on any atom is -0.502 e. The number of hydrogen-bond acceptors (Lipinski definition) is 8. The average molecular weight is 405 g/mol. The number of phenolic OH excluding ortho intramolecular Hbond substituents is 1. The zero-order valence-electron chi connectivity index (χ0n) is 16.5. The Bertz CT molecular complexity index is 837. The lowest BCUT2D eigenvalue weighted by Gasteiger charge is -2.26. The number of hydrogen-bond donors (Lipinski definition) is 2. The highest BCUT2D eigenvalue weighted by Crippen LogP contribution is 2.42. The molecule has 0 aliphatic rings. The molecule has 156 valence electrons. The van der Waals surface area contributed by atoms with Crippen LogP contribution in [-0.4, -0.2) is 51.4 Å². The van der Waals surface area contributed by atoms with Crippen LogP contribution >= 0.6 is 0 Å². The van der Waals surface area contributed by atoms with Gasteiger partial charge in [-0.2, -0.15) is 0 Å². The van der Waals surface area contributed by atoms with Crippen LogP contribution in [0.2, 0.25) is 0 Å². The van der Waals surface area contributed by atoms with Crippen LogP contribution in [0.1, 0.15) is 11.6 Å². The molecule has 0 aromatic heterocycles. The Morgan fingerprint density at radius 3 is 1.90 bits per heavy atom. The van der Waals surface area contributed by atoms with Gasteiger partial charge in [-0.05, 0) is 35.4 Å². The van der Waals surface area contributed by atoms with Crippen molar-refractivity contribution >= 4 is 0 Å². The fourth-order valence-electron chi connectivity index (χ4n) is 2.78. The molecule has 0 amide bonds. The maximum Gasteiger partial charge on any atom is 0.203 e. The number of ether oxygens (including phenoxy) is 5. The first kappa shape index (κ1) is 21.8. The highest BCUT2D eigenvalue weighted by atomic mass is 16.5. The number of azide groups is 1. The van der Waals surface area contributed by atoms with Crippen molar-refractivity contribution < 1.29 is 33.9 Å². The van der Waals surface area contributed by atoms with E-state index in [0.29, 0.717) is 17.1 Å². The predicted molar refractivity (Wildman–Crippen MR) is 104 cm³/mol. The second-order valence-corrected chi connectivity index (χ2v) is 5.75. The third-order valence-electron chi connectivity index (χ3n) is 4.20. The molecule has 10 nitrogen and oxygen atoms in total. The molecule has 0 bridgehead atoms. The molecule has 0 heterocycles. The molecule has 2 aromatic carbocycles. The number of methoxy groups -OCH3 is 4. The quantitative estimate of drug-likeness (QED) is 0.352. The van der Waals surface area contributed by atoms with Gasteiger partial charge in [0.25, 0.3) is 0 Å². The normalized spacial score (nSPS) is 12.3. The van der Waals surface area contributed by atoms with Gasteiger partial charge >= 0.3 is 0 Å². The summed E-state index contributed by atoms with van der Waals surface area (Å²) in [7, 11) is 5.69. The Morgan fingerprint density at radius 2 is 1.48 bits per heavy atom. The van der Waals surface area contributed by atoms with E-state index in [0.717, 1.165) is 0 Å². The molecule has 0 aliphatic heterocycles. The fourth-order valence-corrected chi connectivity index (χ4v) is 2.78. The van der Waals surface area contributed by atoms with Crippen LogP contribution in [-0.2, 0) is 0 Å². The van der Waals surface area contributed by atoms with Gasteiger partial charge in [0.15, 0.2) is 23.0 Å². The monoisotopic (exact) mass is 405 g/mol. The van der Waals surface area contributed by atoms with E-state index in [1.165, 1.54) is 40.6 Å². The Labute approximate surface area is 167 Å².